The molecule has 1 amide bonds. The van der Waals surface area contributed by atoms with Crippen molar-refractivity contribution in [2.45, 2.75) is 19.3 Å². The lowest BCUT2D eigenvalue weighted by molar-refractivity contribution is -0.132. The second-order valence-corrected chi connectivity index (χ2v) is 8.89. The van der Waals surface area contributed by atoms with Crippen molar-refractivity contribution < 1.29 is 4.79 Å². The zero-order chi connectivity index (χ0) is 17.5. The molecule has 0 radical (unpaired) electrons. The van der Waals surface area contributed by atoms with Crippen LogP contribution in [0.5, 0.6) is 0 Å². The molecule has 0 bridgehead atoms. The summed E-state index contributed by atoms with van der Waals surface area (Å²) in [5, 5.41) is 0. The van der Waals surface area contributed by atoms with Crippen LogP contribution in [-0.4, -0.2) is 73.0 Å². The number of piperazine rings is 1. The van der Waals surface area contributed by atoms with E-state index < -0.39 is 0 Å². The van der Waals surface area contributed by atoms with Gasteiger partial charge in [-0.05, 0) is 42.6 Å². The summed E-state index contributed by atoms with van der Waals surface area (Å²) < 4.78 is 0. The molecule has 26 heavy (non-hydrogen) atoms. The topological polar surface area (TPSA) is 26.8 Å². The van der Waals surface area contributed by atoms with Gasteiger partial charge in [0.05, 0.1) is 0 Å². The maximum Gasteiger partial charge on any atom is 0.225 e. The van der Waals surface area contributed by atoms with E-state index >= 15 is 0 Å². The van der Waals surface area contributed by atoms with Crippen LogP contribution in [0, 0.1) is 23.7 Å². The number of amides is 1. The highest BCUT2D eigenvalue weighted by Crippen LogP contribution is 2.52. The summed E-state index contributed by atoms with van der Waals surface area (Å²) in [5.41, 5.74) is 1.45. The first-order valence-corrected chi connectivity index (χ1v) is 10.6. The van der Waals surface area contributed by atoms with Gasteiger partial charge < -0.3 is 14.7 Å². The Bertz CT molecular complexity index is 624. The molecule has 0 spiro atoms. The lowest BCUT2D eigenvalue weighted by Crippen LogP contribution is -2.47. The summed E-state index contributed by atoms with van der Waals surface area (Å²) in [7, 11) is 0. The molecule has 4 fully saturated rings. The Kier molecular flexibility index (Phi) is 4.49. The SMILES string of the molecule is O=C(C1CC1)N1C[C@@H]2C(CN3CCN(CCc4ccccc4)CC3)[C@@H]2C1. The zero-order valence-corrected chi connectivity index (χ0v) is 15.7. The van der Waals surface area contributed by atoms with Crippen LogP contribution in [0.4, 0.5) is 0 Å². The third-order valence-electron chi connectivity index (χ3n) is 7.10. The first-order valence-electron chi connectivity index (χ1n) is 10.6. The number of likely N-dealkylation sites (tertiary alicyclic amines) is 1. The summed E-state index contributed by atoms with van der Waals surface area (Å²) in [6.07, 6.45) is 3.45. The van der Waals surface area contributed by atoms with Gasteiger partial charge in [-0.3, -0.25) is 4.79 Å². The maximum absolute atomic E-state index is 12.2. The zero-order valence-electron chi connectivity index (χ0n) is 15.7. The second-order valence-electron chi connectivity index (χ2n) is 8.89. The van der Waals surface area contributed by atoms with Gasteiger partial charge in [-0.1, -0.05) is 30.3 Å². The van der Waals surface area contributed by atoms with Gasteiger partial charge in [0.25, 0.3) is 0 Å². The molecule has 1 unspecified atom stereocenters. The summed E-state index contributed by atoms with van der Waals surface area (Å²) >= 11 is 0. The molecule has 2 aliphatic heterocycles. The Morgan fingerprint density at radius 2 is 1.58 bits per heavy atom. The summed E-state index contributed by atoms with van der Waals surface area (Å²) in [5.74, 6) is 3.36. The van der Waals surface area contributed by atoms with Crippen LogP contribution in [0.3, 0.4) is 0 Å². The van der Waals surface area contributed by atoms with E-state index in [1.165, 1.54) is 51.3 Å². The van der Waals surface area contributed by atoms with Crippen LogP contribution >= 0.6 is 0 Å². The molecule has 2 saturated carbocycles. The van der Waals surface area contributed by atoms with Crippen LogP contribution in [0.1, 0.15) is 18.4 Å². The fourth-order valence-corrected chi connectivity index (χ4v) is 5.11. The highest BCUT2D eigenvalue weighted by atomic mass is 16.2. The summed E-state index contributed by atoms with van der Waals surface area (Å²) in [6, 6.07) is 10.8. The van der Waals surface area contributed by atoms with E-state index in [1.54, 1.807) is 0 Å². The molecule has 1 aromatic rings. The predicted octanol–water partition coefficient (Wildman–Crippen LogP) is 1.96. The number of hydrogen-bond acceptors (Lipinski definition) is 3. The molecular weight excluding hydrogens is 322 g/mol. The number of piperidine rings is 1. The standard InChI is InChI=1S/C22H31N3O/c26-22(18-6-7-18)25-15-20-19(21(20)16-25)14-24-12-10-23(11-13-24)9-8-17-4-2-1-3-5-17/h1-5,18-21H,6-16H2/t19?,20-,21+. The van der Waals surface area contributed by atoms with Crippen molar-refractivity contribution in [3.63, 3.8) is 0 Å². The highest BCUT2D eigenvalue weighted by molar-refractivity contribution is 5.81. The third kappa shape index (κ3) is 3.54. The van der Waals surface area contributed by atoms with Crippen LogP contribution < -0.4 is 0 Å². The fraction of sp³-hybridized carbons (Fsp3) is 0.682. The number of carbonyl (C=O) groups is 1. The van der Waals surface area contributed by atoms with Crippen LogP contribution in [0.25, 0.3) is 0 Å². The van der Waals surface area contributed by atoms with Crippen LogP contribution in [0.2, 0.25) is 0 Å². The molecule has 140 valence electrons. The Hall–Kier alpha value is -1.39. The number of benzene rings is 1. The van der Waals surface area contributed by atoms with Gasteiger partial charge in [0.2, 0.25) is 5.91 Å². The van der Waals surface area contributed by atoms with Gasteiger partial charge in [-0.25, -0.2) is 0 Å². The molecule has 2 aliphatic carbocycles. The Morgan fingerprint density at radius 3 is 2.23 bits per heavy atom. The molecule has 5 rings (SSSR count). The molecule has 4 aliphatic rings. The van der Waals surface area contributed by atoms with E-state index in [1.807, 2.05) is 0 Å². The van der Waals surface area contributed by atoms with Crippen LogP contribution in [0.15, 0.2) is 30.3 Å². The fourth-order valence-electron chi connectivity index (χ4n) is 5.11. The van der Waals surface area contributed by atoms with E-state index in [9.17, 15) is 4.79 Å². The van der Waals surface area contributed by atoms with Crippen molar-refractivity contribution in [1.82, 2.24) is 14.7 Å². The van der Waals surface area contributed by atoms with E-state index in [2.05, 4.69) is 45.0 Å². The number of hydrogen-bond donors (Lipinski definition) is 0. The summed E-state index contributed by atoms with van der Waals surface area (Å²) in [6.45, 7) is 9.43. The number of carbonyl (C=O) groups excluding carboxylic acids is 1. The van der Waals surface area contributed by atoms with Gasteiger partial charge in [0.15, 0.2) is 0 Å². The van der Waals surface area contributed by atoms with Gasteiger partial charge in [-0.2, -0.15) is 0 Å². The highest BCUT2D eigenvalue weighted by Gasteiger charge is 2.57. The molecule has 3 atom stereocenters. The minimum absolute atomic E-state index is 0.398. The van der Waals surface area contributed by atoms with Crippen LogP contribution in [-0.2, 0) is 11.2 Å². The molecule has 0 aromatic heterocycles. The maximum atomic E-state index is 12.2. The van der Waals surface area contributed by atoms with Gasteiger partial charge >= 0.3 is 0 Å². The van der Waals surface area contributed by atoms with Crippen molar-refractivity contribution in [2.75, 3.05) is 52.4 Å². The smallest absolute Gasteiger partial charge is 0.225 e. The average molecular weight is 354 g/mol. The lowest BCUT2D eigenvalue weighted by atomic mass is 10.1. The Balaban J connectivity index is 1.01. The molecule has 1 aromatic carbocycles. The van der Waals surface area contributed by atoms with E-state index in [0.717, 1.165) is 43.7 Å². The molecule has 2 saturated heterocycles. The van der Waals surface area contributed by atoms with E-state index in [4.69, 9.17) is 0 Å². The molecule has 0 N–H and O–H groups in total. The minimum Gasteiger partial charge on any atom is -0.342 e. The lowest BCUT2D eigenvalue weighted by Gasteiger charge is -2.35. The Labute approximate surface area is 157 Å². The average Bonchev–Trinajstić information content (AvgIpc) is 3.59. The van der Waals surface area contributed by atoms with Gasteiger partial charge in [0, 0.05) is 58.3 Å². The largest absolute Gasteiger partial charge is 0.342 e. The summed E-state index contributed by atoms with van der Waals surface area (Å²) in [4.78, 5) is 19.6. The monoisotopic (exact) mass is 353 g/mol. The molecular formula is C22H31N3O. The first kappa shape index (κ1) is 16.8. The van der Waals surface area contributed by atoms with E-state index in [-0.39, 0.29) is 0 Å². The third-order valence-corrected chi connectivity index (χ3v) is 7.10. The first-order chi connectivity index (χ1) is 12.8. The normalized spacial score (nSPS) is 31.8. The van der Waals surface area contributed by atoms with Gasteiger partial charge in [-0.15, -0.1) is 0 Å². The molecule has 4 nitrogen and oxygen atoms in total. The second kappa shape index (κ2) is 6.97. The molecule has 4 heteroatoms. The van der Waals surface area contributed by atoms with Crippen molar-refractivity contribution in [3.8, 4) is 0 Å². The molecule has 2 heterocycles. The number of rotatable bonds is 6. The predicted molar refractivity (Wildman–Crippen MR) is 103 cm³/mol. The van der Waals surface area contributed by atoms with E-state index in [0.29, 0.717) is 11.8 Å². The van der Waals surface area contributed by atoms with Crippen molar-refractivity contribution in [2.24, 2.45) is 23.7 Å². The quantitative estimate of drug-likeness (QED) is 0.782. The minimum atomic E-state index is 0.398. The van der Waals surface area contributed by atoms with Crippen molar-refractivity contribution >= 4 is 5.91 Å². The van der Waals surface area contributed by atoms with Crippen molar-refractivity contribution in [3.05, 3.63) is 35.9 Å². The Morgan fingerprint density at radius 1 is 0.923 bits per heavy atom. The van der Waals surface area contributed by atoms with Gasteiger partial charge in [0.1, 0.15) is 0 Å². The van der Waals surface area contributed by atoms with Crippen molar-refractivity contribution in [1.29, 1.82) is 0 Å². The number of fused-ring (bicyclic) bond motifs is 1. The number of nitrogens with zero attached hydrogens (tertiary/aromatic N) is 3.